The van der Waals surface area contributed by atoms with E-state index in [1.807, 2.05) is 60.7 Å². The number of nitrogens with one attached hydrogen (secondary N) is 1. The van der Waals surface area contributed by atoms with Crippen molar-refractivity contribution in [3.8, 4) is 0 Å². The Morgan fingerprint density at radius 1 is 1.04 bits per heavy atom. The van der Waals surface area contributed by atoms with Crippen LogP contribution in [0.1, 0.15) is 36.9 Å². The van der Waals surface area contributed by atoms with Gasteiger partial charge in [-0.3, -0.25) is 4.79 Å². The number of rotatable bonds is 7. The Morgan fingerprint density at radius 2 is 1.52 bits per heavy atom. The largest absolute Gasteiger partial charge is 0.396 e. The van der Waals surface area contributed by atoms with E-state index >= 15 is 0 Å². The normalized spacial score (nSPS) is 13.6. The van der Waals surface area contributed by atoms with Gasteiger partial charge < -0.3 is 15.5 Å². The van der Waals surface area contributed by atoms with E-state index in [1.54, 1.807) is 6.92 Å². The third-order valence-electron chi connectivity index (χ3n) is 3.76. The Kier molecular flexibility index (Phi) is 5.90. The van der Waals surface area contributed by atoms with Crippen LogP contribution in [0.25, 0.3) is 0 Å². The standard InChI is InChI=1S/C19H23NO3/c1-19(23,12-13-21)14-17(22)20-18(15-8-4-2-5-9-15)16-10-6-3-7-11-16/h2-11,18,21,23H,12-14H2,1H3,(H,20,22)/t19-/m1/s1. The van der Waals surface area contributed by atoms with Crippen molar-refractivity contribution < 1.29 is 15.0 Å². The van der Waals surface area contributed by atoms with Gasteiger partial charge in [0.1, 0.15) is 0 Å². The van der Waals surface area contributed by atoms with Crippen LogP contribution in [-0.2, 0) is 4.79 Å². The number of aliphatic hydroxyl groups excluding tert-OH is 1. The monoisotopic (exact) mass is 313 g/mol. The minimum absolute atomic E-state index is 0.0519. The van der Waals surface area contributed by atoms with Gasteiger partial charge in [0.05, 0.1) is 18.1 Å². The van der Waals surface area contributed by atoms with Crippen LogP contribution in [0.4, 0.5) is 0 Å². The van der Waals surface area contributed by atoms with Crippen LogP contribution in [0, 0.1) is 0 Å². The summed E-state index contributed by atoms with van der Waals surface area (Å²) in [5.74, 6) is -0.249. The molecule has 0 spiro atoms. The summed E-state index contributed by atoms with van der Waals surface area (Å²) in [6.07, 6.45) is 0.117. The molecule has 23 heavy (non-hydrogen) atoms. The summed E-state index contributed by atoms with van der Waals surface area (Å²) in [7, 11) is 0. The molecule has 3 N–H and O–H groups in total. The van der Waals surface area contributed by atoms with Gasteiger partial charge in [-0.05, 0) is 24.5 Å². The molecule has 2 aromatic carbocycles. The van der Waals surface area contributed by atoms with Gasteiger partial charge in [0.25, 0.3) is 0 Å². The number of benzene rings is 2. The lowest BCUT2D eigenvalue weighted by molar-refractivity contribution is -0.126. The summed E-state index contributed by atoms with van der Waals surface area (Å²) < 4.78 is 0. The molecule has 4 nitrogen and oxygen atoms in total. The van der Waals surface area contributed by atoms with Gasteiger partial charge >= 0.3 is 0 Å². The summed E-state index contributed by atoms with van der Waals surface area (Å²) in [6.45, 7) is 1.41. The second kappa shape index (κ2) is 7.90. The van der Waals surface area contributed by atoms with Gasteiger partial charge in [0.15, 0.2) is 0 Å². The summed E-state index contributed by atoms with van der Waals surface area (Å²) in [6, 6.07) is 19.2. The smallest absolute Gasteiger partial charge is 0.223 e. The molecule has 0 aliphatic rings. The van der Waals surface area contributed by atoms with E-state index in [4.69, 9.17) is 5.11 Å². The zero-order valence-corrected chi connectivity index (χ0v) is 13.3. The minimum atomic E-state index is -1.21. The van der Waals surface area contributed by atoms with Crippen LogP contribution in [0.3, 0.4) is 0 Å². The number of hydrogen-bond acceptors (Lipinski definition) is 3. The second-order valence-corrected chi connectivity index (χ2v) is 5.97. The third kappa shape index (κ3) is 5.20. The van der Waals surface area contributed by atoms with Gasteiger partial charge in [-0.1, -0.05) is 60.7 Å². The molecule has 2 rings (SSSR count). The quantitative estimate of drug-likeness (QED) is 0.735. The maximum absolute atomic E-state index is 12.3. The van der Waals surface area contributed by atoms with Crippen molar-refractivity contribution in [1.82, 2.24) is 5.32 Å². The van der Waals surface area contributed by atoms with E-state index < -0.39 is 5.60 Å². The van der Waals surface area contributed by atoms with E-state index in [2.05, 4.69) is 5.32 Å². The van der Waals surface area contributed by atoms with E-state index in [1.165, 1.54) is 0 Å². The highest BCUT2D eigenvalue weighted by molar-refractivity contribution is 5.78. The molecule has 0 bridgehead atoms. The highest BCUT2D eigenvalue weighted by atomic mass is 16.3. The van der Waals surface area contributed by atoms with Crippen LogP contribution in [-0.4, -0.2) is 28.3 Å². The molecule has 0 fully saturated rings. The summed E-state index contributed by atoms with van der Waals surface area (Å²) in [5, 5.41) is 22.1. The van der Waals surface area contributed by atoms with Crippen molar-refractivity contribution >= 4 is 5.91 Å². The number of amides is 1. The lowest BCUT2D eigenvalue weighted by atomic mass is 9.95. The lowest BCUT2D eigenvalue weighted by Gasteiger charge is -2.25. The second-order valence-electron chi connectivity index (χ2n) is 5.97. The van der Waals surface area contributed by atoms with Gasteiger partial charge in [-0.2, -0.15) is 0 Å². The summed E-state index contributed by atoms with van der Waals surface area (Å²) >= 11 is 0. The molecular weight excluding hydrogens is 290 g/mol. The molecular formula is C19H23NO3. The molecule has 0 heterocycles. The van der Waals surface area contributed by atoms with Crippen molar-refractivity contribution in [2.75, 3.05) is 6.61 Å². The molecule has 4 heteroatoms. The zero-order valence-electron chi connectivity index (χ0n) is 13.3. The molecule has 122 valence electrons. The van der Waals surface area contributed by atoms with Crippen LogP contribution in [0.5, 0.6) is 0 Å². The van der Waals surface area contributed by atoms with E-state index in [0.29, 0.717) is 0 Å². The first-order valence-electron chi connectivity index (χ1n) is 7.74. The fourth-order valence-electron chi connectivity index (χ4n) is 2.54. The Labute approximate surface area is 136 Å². The average molecular weight is 313 g/mol. The van der Waals surface area contributed by atoms with Gasteiger partial charge in [-0.15, -0.1) is 0 Å². The van der Waals surface area contributed by atoms with Gasteiger partial charge in [-0.25, -0.2) is 0 Å². The van der Waals surface area contributed by atoms with Crippen molar-refractivity contribution in [2.45, 2.75) is 31.4 Å². The van der Waals surface area contributed by atoms with Crippen molar-refractivity contribution in [2.24, 2.45) is 0 Å². The first-order valence-corrected chi connectivity index (χ1v) is 7.74. The fourth-order valence-corrected chi connectivity index (χ4v) is 2.54. The fraction of sp³-hybridized carbons (Fsp3) is 0.316. The third-order valence-corrected chi connectivity index (χ3v) is 3.76. The Morgan fingerprint density at radius 3 is 1.96 bits per heavy atom. The number of aliphatic hydroxyl groups is 2. The van der Waals surface area contributed by atoms with E-state index in [-0.39, 0.29) is 31.4 Å². The van der Waals surface area contributed by atoms with Gasteiger partial charge in [0.2, 0.25) is 5.91 Å². The molecule has 1 atom stereocenters. The maximum atomic E-state index is 12.3. The van der Waals surface area contributed by atoms with E-state index in [9.17, 15) is 9.90 Å². The summed E-state index contributed by atoms with van der Waals surface area (Å²) in [5.41, 5.74) is 0.749. The predicted octanol–water partition coefficient (Wildman–Crippen LogP) is 2.42. The van der Waals surface area contributed by atoms with Gasteiger partial charge in [0, 0.05) is 6.61 Å². The molecule has 0 aromatic heterocycles. The SMILES string of the molecule is C[C@@](O)(CCO)CC(=O)NC(c1ccccc1)c1ccccc1. The van der Waals surface area contributed by atoms with Crippen molar-refractivity contribution in [3.63, 3.8) is 0 Å². The first-order chi connectivity index (χ1) is 11.0. The predicted molar refractivity (Wildman–Crippen MR) is 89.8 cm³/mol. The van der Waals surface area contributed by atoms with Crippen molar-refractivity contribution in [1.29, 1.82) is 0 Å². The Hall–Kier alpha value is -2.17. The van der Waals surface area contributed by atoms with Crippen LogP contribution in [0.2, 0.25) is 0 Å². The topological polar surface area (TPSA) is 69.6 Å². The van der Waals surface area contributed by atoms with E-state index in [0.717, 1.165) is 11.1 Å². The maximum Gasteiger partial charge on any atom is 0.223 e. The highest BCUT2D eigenvalue weighted by Crippen LogP contribution is 2.23. The molecule has 0 aliphatic carbocycles. The first kappa shape index (κ1) is 17.2. The molecule has 0 radical (unpaired) electrons. The molecule has 0 saturated carbocycles. The molecule has 0 saturated heterocycles. The molecule has 2 aromatic rings. The lowest BCUT2D eigenvalue weighted by Crippen LogP contribution is -2.37. The number of hydrogen-bond donors (Lipinski definition) is 3. The Bertz CT molecular complexity index is 572. The summed E-state index contributed by atoms with van der Waals surface area (Å²) in [4.78, 5) is 12.3. The molecule has 1 amide bonds. The van der Waals surface area contributed by atoms with Crippen LogP contribution in [0.15, 0.2) is 60.7 Å². The molecule has 0 unspecified atom stereocenters. The minimum Gasteiger partial charge on any atom is -0.396 e. The molecule has 0 aliphatic heterocycles. The number of carbonyl (C=O) groups is 1. The zero-order chi connectivity index (χ0) is 16.7. The van der Waals surface area contributed by atoms with Crippen LogP contribution < -0.4 is 5.32 Å². The Balaban J connectivity index is 2.18. The highest BCUT2D eigenvalue weighted by Gasteiger charge is 2.25. The average Bonchev–Trinajstić information content (AvgIpc) is 2.53. The van der Waals surface area contributed by atoms with Crippen molar-refractivity contribution in [3.05, 3.63) is 71.8 Å². The number of carbonyl (C=O) groups excluding carboxylic acids is 1. The van der Waals surface area contributed by atoms with Crippen LogP contribution >= 0.6 is 0 Å².